The second-order valence-corrected chi connectivity index (χ2v) is 4.73. The normalized spacial score (nSPS) is 12.2. The average molecular weight is 273 g/mol. The molecule has 0 heterocycles. The average Bonchev–Trinajstić information content (AvgIpc) is 2.48. The number of halogens is 1. The van der Waals surface area contributed by atoms with Gasteiger partial charge in [-0.3, -0.25) is 0 Å². The lowest BCUT2D eigenvalue weighted by Crippen LogP contribution is -2.17. The molecule has 0 amide bonds. The number of benzene rings is 2. The molecule has 3 heteroatoms. The van der Waals surface area contributed by atoms with Crippen molar-refractivity contribution in [2.24, 2.45) is 0 Å². The minimum Gasteiger partial charge on any atom is -0.494 e. The number of rotatable bonds is 5. The molecule has 0 saturated carbocycles. The molecule has 2 nitrogen and oxygen atoms in total. The quantitative estimate of drug-likeness (QED) is 0.882. The molecule has 0 aliphatic heterocycles. The van der Waals surface area contributed by atoms with Gasteiger partial charge in [0.15, 0.2) is 11.6 Å². The molecule has 0 fully saturated rings. The highest BCUT2D eigenvalue weighted by Crippen LogP contribution is 2.30. The third kappa shape index (κ3) is 2.99. The largest absolute Gasteiger partial charge is 0.494 e. The van der Waals surface area contributed by atoms with Gasteiger partial charge in [-0.2, -0.15) is 0 Å². The molecular weight excluding hydrogens is 253 g/mol. The highest BCUT2D eigenvalue weighted by molar-refractivity contribution is 5.66. The maximum atomic E-state index is 14.3. The Hall–Kier alpha value is -1.87. The van der Waals surface area contributed by atoms with E-state index in [1.807, 2.05) is 18.2 Å². The highest BCUT2D eigenvalue weighted by Gasteiger charge is 2.11. The van der Waals surface area contributed by atoms with E-state index in [1.165, 1.54) is 7.11 Å². The molecule has 0 radical (unpaired) electrons. The van der Waals surface area contributed by atoms with Crippen molar-refractivity contribution in [3.8, 4) is 16.9 Å². The summed E-state index contributed by atoms with van der Waals surface area (Å²) in [5.41, 5.74) is 2.57. The number of nitrogens with one attached hydrogen (secondary N) is 1. The minimum atomic E-state index is -0.316. The Bertz CT molecular complexity index is 583. The predicted octanol–water partition coefficient (Wildman–Crippen LogP) is 4.17. The fourth-order valence-electron chi connectivity index (χ4n) is 2.29. The molecule has 0 saturated heterocycles. The van der Waals surface area contributed by atoms with Crippen LogP contribution in [0.1, 0.15) is 25.5 Å². The summed E-state index contributed by atoms with van der Waals surface area (Å²) in [4.78, 5) is 0. The van der Waals surface area contributed by atoms with Crippen LogP contribution in [0, 0.1) is 5.82 Å². The van der Waals surface area contributed by atoms with Crippen LogP contribution < -0.4 is 10.1 Å². The fourth-order valence-corrected chi connectivity index (χ4v) is 2.29. The maximum Gasteiger partial charge on any atom is 0.172 e. The zero-order valence-corrected chi connectivity index (χ0v) is 12.1. The number of hydrogen-bond donors (Lipinski definition) is 1. The van der Waals surface area contributed by atoms with Gasteiger partial charge >= 0.3 is 0 Å². The fraction of sp³-hybridized carbons (Fsp3) is 0.294. The summed E-state index contributed by atoms with van der Waals surface area (Å²) < 4.78 is 19.3. The van der Waals surface area contributed by atoms with Crippen LogP contribution in [0.25, 0.3) is 11.1 Å². The summed E-state index contributed by atoms with van der Waals surface area (Å²) in [5.74, 6) is -0.0455. The van der Waals surface area contributed by atoms with E-state index < -0.39 is 0 Å². The van der Waals surface area contributed by atoms with E-state index in [9.17, 15) is 4.39 Å². The Morgan fingerprint density at radius 3 is 2.65 bits per heavy atom. The lowest BCUT2D eigenvalue weighted by Gasteiger charge is -2.14. The first-order chi connectivity index (χ1) is 9.67. The maximum absolute atomic E-state index is 14.3. The summed E-state index contributed by atoms with van der Waals surface area (Å²) in [5, 5.41) is 3.36. The van der Waals surface area contributed by atoms with Crippen molar-refractivity contribution in [3.63, 3.8) is 0 Å². The van der Waals surface area contributed by atoms with E-state index in [1.54, 1.807) is 18.2 Å². The summed E-state index contributed by atoms with van der Waals surface area (Å²) in [7, 11) is 1.48. The van der Waals surface area contributed by atoms with Crippen molar-refractivity contribution in [1.29, 1.82) is 0 Å². The molecule has 1 unspecified atom stereocenters. The molecule has 0 bridgehead atoms. The third-order valence-electron chi connectivity index (χ3n) is 3.39. The van der Waals surface area contributed by atoms with Gasteiger partial charge < -0.3 is 10.1 Å². The SMILES string of the molecule is CCNC(C)c1cccc(-c2cccc(OC)c2F)c1. The van der Waals surface area contributed by atoms with Gasteiger partial charge in [-0.15, -0.1) is 0 Å². The highest BCUT2D eigenvalue weighted by atomic mass is 19.1. The second kappa shape index (κ2) is 6.53. The number of ether oxygens (including phenoxy) is 1. The summed E-state index contributed by atoms with van der Waals surface area (Å²) in [6.07, 6.45) is 0. The van der Waals surface area contributed by atoms with Crippen LogP contribution in [-0.4, -0.2) is 13.7 Å². The van der Waals surface area contributed by atoms with E-state index >= 15 is 0 Å². The van der Waals surface area contributed by atoms with Crippen LogP contribution in [0.4, 0.5) is 4.39 Å². The molecule has 1 N–H and O–H groups in total. The molecule has 0 aliphatic carbocycles. The van der Waals surface area contributed by atoms with Crippen molar-refractivity contribution in [2.75, 3.05) is 13.7 Å². The first kappa shape index (κ1) is 14.5. The van der Waals surface area contributed by atoms with Crippen LogP contribution in [0.5, 0.6) is 5.75 Å². The molecule has 0 aromatic heterocycles. The Balaban J connectivity index is 2.41. The third-order valence-corrected chi connectivity index (χ3v) is 3.39. The van der Waals surface area contributed by atoms with Crippen LogP contribution in [0.15, 0.2) is 42.5 Å². The van der Waals surface area contributed by atoms with E-state index in [0.717, 1.165) is 17.7 Å². The molecule has 0 aliphatic rings. The van der Waals surface area contributed by atoms with Gasteiger partial charge in [-0.05, 0) is 36.7 Å². The lowest BCUT2D eigenvalue weighted by atomic mass is 9.99. The van der Waals surface area contributed by atoms with Gasteiger partial charge in [0, 0.05) is 11.6 Å². The van der Waals surface area contributed by atoms with Crippen LogP contribution in [-0.2, 0) is 0 Å². The van der Waals surface area contributed by atoms with E-state index in [-0.39, 0.29) is 17.6 Å². The monoisotopic (exact) mass is 273 g/mol. The van der Waals surface area contributed by atoms with Crippen molar-refractivity contribution in [1.82, 2.24) is 5.32 Å². The first-order valence-corrected chi connectivity index (χ1v) is 6.83. The second-order valence-electron chi connectivity index (χ2n) is 4.73. The molecule has 1 atom stereocenters. The Labute approximate surface area is 119 Å². The number of hydrogen-bond acceptors (Lipinski definition) is 2. The van der Waals surface area contributed by atoms with Crippen LogP contribution in [0.3, 0.4) is 0 Å². The van der Waals surface area contributed by atoms with E-state index in [4.69, 9.17) is 4.74 Å². The molecule has 20 heavy (non-hydrogen) atoms. The summed E-state index contributed by atoms with van der Waals surface area (Å²) >= 11 is 0. The standard InChI is InChI=1S/C17H20FNO/c1-4-19-12(2)13-7-5-8-14(11-13)15-9-6-10-16(20-3)17(15)18/h5-12,19H,4H2,1-3H3. The molecular formula is C17H20FNO. The summed E-state index contributed by atoms with van der Waals surface area (Å²) in [6.45, 7) is 5.07. The van der Waals surface area contributed by atoms with E-state index in [0.29, 0.717) is 5.56 Å². The zero-order valence-electron chi connectivity index (χ0n) is 12.1. The van der Waals surface area contributed by atoms with Gasteiger partial charge in [0.25, 0.3) is 0 Å². The van der Waals surface area contributed by atoms with Crippen molar-refractivity contribution in [2.45, 2.75) is 19.9 Å². The summed E-state index contributed by atoms with van der Waals surface area (Å²) in [6, 6.07) is 13.4. The molecule has 106 valence electrons. The predicted molar refractivity (Wildman–Crippen MR) is 80.5 cm³/mol. The van der Waals surface area contributed by atoms with Gasteiger partial charge in [0.1, 0.15) is 0 Å². The first-order valence-electron chi connectivity index (χ1n) is 6.83. The van der Waals surface area contributed by atoms with Gasteiger partial charge in [-0.25, -0.2) is 4.39 Å². The number of methoxy groups -OCH3 is 1. The Morgan fingerprint density at radius 2 is 1.95 bits per heavy atom. The molecule has 2 aromatic carbocycles. The van der Waals surface area contributed by atoms with Gasteiger partial charge in [0.2, 0.25) is 0 Å². The van der Waals surface area contributed by atoms with Gasteiger partial charge in [-0.1, -0.05) is 37.3 Å². The Morgan fingerprint density at radius 1 is 1.20 bits per heavy atom. The Kier molecular flexibility index (Phi) is 4.74. The molecule has 2 aromatic rings. The van der Waals surface area contributed by atoms with Crippen molar-refractivity contribution in [3.05, 3.63) is 53.8 Å². The molecule has 0 spiro atoms. The van der Waals surface area contributed by atoms with Crippen molar-refractivity contribution >= 4 is 0 Å². The molecule has 2 rings (SSSR count). The minimum absolute atomic E-state index is 0.244. The topological polar surface area (TPSA) is 21.3 Å². The van der Waals surface area contributed by atoms with Gasteiger partial charge in [0.05, 0.1) is 7.11 Å². The lowest BCUT2D eigenvalue weighted by molar-refractivity contribution is 0.387. The zero-order chi connectivity index (χ0) is 14.5. The smallest absolute Gasteiger partial charge is 0.172 e. The van der Waals surface area contributed by atoms with E-state index in [2.05, 4.69) is 25.2 Å². The van der Waals surface area contributed by atoms with Crippen LogP contribution >= 0.6 is 0 Å². The van der Waals surface area contributed by atoms with Crippen LogP contribution in [0.2, 0.25) is 0 Å². The van der Waals surface area contributed by atoms with Crippen molar-refractivity contribution < 1.29 is 9.13 Å².